The van der Waals surface area contributed by atoms with Crippen molar-refractivity contribution >= 4 is 5.76 Å². The van der Waals surface area contributed by atoms with Crippen LogP contribution in [0, 0.1) is 0 Å². The smallest absolute Gasteiger partial charge is 0.204 e. The van der Waals surface area contributed by atoms with Crippen LogP contribution >= 0.6 is 0 Å². The average Bonchev–Trinajstić information content (AvgIpc) is 3.04. The van der Waals surface area contributed by atoms with Crippen LogP contribution in [0.3, 0.4) is 0 Å². The molecular weight excluding hydrogens is 268 g/mol. The van der Waals surface area contributed by atoms with E-state index < -0.39 is 0 Å². The second-order valence-corrected chi connectivity index (χ2v) is 4.32. The monoisotopic (exact) mass is 286 g/mol. The maximum Gasteiger partial charge on any atom is 0.204 e. The molecule has 0 saturated carbocycles. The molecule has 0 radical (unpaired) electrons. The fourth-order valence-corrected chi connectivity index (χ4v) is 2.07. The summed E-state index contributed by atoms with van der Waals surface area (Å²) >= 11 is 0. The first kappa shape index (κ1) is 14.8. The van der Waals surface area contributed by atoms with Gasteiger partial charge in [0, 0.05) is 0 Å². The fourth-order valence-electron chi connectivity index (χ4n) is 2.07. The molecule has 1 aromatic rings. The van der Waals surface area contributed by atoms with Gasteiger partial charge < -0.3 is 19.3 Å². The van der Waals surface area contributed by atoms with Gasteiger partial charge in [0.25, 0.3) is 0 Å². The topological polar surface area (TPSA) is 47.9 Å². The summed E-state index contributed by atoms with van der Waals surface area (Å²) in [4.78, 5) is 0. The molecule has 1 aromatic carbocycles. The van der Waals surface area contributed by atoms with E-state index in [1.807, 2.05) is 30.4 Å². The Morgan fingerprint density at radius 2 is 1.62 bits per heavy atom. The first-order valence-corrected chi connectivity index (χ1v) is 6.46. The molecule has 0 fully saturated rings. The van der Waals surface area contributed by atoms with Gasteiger partial charge in [0.05, 0.1) is 26.9 Å². The number of aliphatic hydroxyl groups excluding tert-OH is 1. The lowest BCUT2D eigenvalue weighted by atomic mass is 10.1. The molecule has 0 atom stereocenters. The highest BCUT2D eigenvalue weighted by Gasteiger charge is 2.17. The van der Waals surface area contributed by atoms with Crippen LogP contribution in [-0.4, -0.2) is 26.4 Å². The van der Waals surface area contributed by atoms with E-state index in [0.29, 0.717) is 22.8 Å². The Hall–Kier alpha value is -2.62. The largest absolute Gasteiger partial charge is 0.507 e. The molecule has 0 bridgehead atoms. The molecule has 1 aliphatic carbocycles. The molecular formula is C17H18O4. The van der Waals surface area contributed by atoms with Gasteiger partial charge in [-0.3, -0.25) is 0 Å². The lowest BCUT2D eigenvalue weighted by Crippen LogP contribution is -1.98. The summed E-state index contributed by atoms with van der Waals surface area (Å²) in [6, 6.07) is 3.45. The minimum absolute atomic E-state index is 0.0917. The number of ether oxygens (including phenoxy) is 3. The summed E-state index contributed by atoms with van der Waals surface area (Å²) < 4.78 is 15.9. The van der Waals surface area contributed by atoms with Crippen molar-refractivity contribution in [1.29, 1.82) is 0 Å². The summed E-state index contributed by atoms with van der Waals surface area (Å²) in [6.07, 6.45) is 11.2. The summed E-state index contributed by atoms with van der Waals surface area (Å²) in [5, 5.41) is 10.3. The predicted octanol–water partition coefficient (Wildman–Crippen LogP) is 3.66. The molecule has 0 aliphatic heterocycles. The van der Waals surface area contributed by atoms with E-state index in [-0.39, 0.29) is 5.76 Å². The number of benzene rings is 1. The van der Waals surface area contributed by atoms with Gasteiger partial charge in [0.2, 0.25) is 5.75 Å². The Bertz CT molecular complexity index is 622. The quantitative estimate of drug-likeness (QED) is 0.839. The van der Waals surface area contributed by atoms with Crippen LogP contribution in [-0.2, 0) is 0 Å². The minimum Gasteiger partial charge on any atom is -0.507 e. The van der Waals surface area contributed by atoms with Gasteiger partial charge in [-0.2, -0.15) is 0 Å². The van der Waals surface area contributed by atoms with E-state index in [1.54, 1.807) is 25.3 Å². The molecule has 2 rings (SSSR count). The molecule has 0 heterocycles. The molecule has 21 heavy (non-hydrogen) atoms. The number of rotatable bonds is 5. The number of allylic oxidation sites excluding steroid dienone is 7. The first-order chi connectivity index (χ1) is 10.2. The molecule has 1 aliphatic rings. The second-order valence-electron chi connectivity index (χ2n) is 4.32. The number of hydrogen-bond donors (Lipinski definition) is 1. The summed E-state index contributed by atoms with van der Waals surface area (Å²) in [7, 11) is 4.60. The highest BCUT2D eigenvalue weighted by molar-refractivity contribution is 5.72. The molecule has 110 valence electrons. The van der Waals surface area contributed by atoms with E-state index in [2.05, 4.69) is 0 Å². The fraction of sp³-hybridized carbons (Fsp3) is 0.176. The maximum atomic E-state index is 10.3. The Morgan fingerprint density at radius 3 is 2.19 bits per heavy atom. The zero-order valence-corrected chi connectivity index (χ0v) is 12.3. The lowest BCUT2D eigenvalue weighted by molar-refractivity contribution is 0.322. The van der Waals surface area contributed by atoms with Crippen LogP contribution in [0.25, 0.3) is 5.76 Å². The Kier molecular flexibility index (Phi) is 4.72. The van der Waals surface area contributed by atoms with Gasteiger partial charge in [-0.25, -0.2) is 0 Å². The molecule has 0 unspecified atom stereocenters. The average molecular weight is 286 g/mol. The van der Waals surface area contributed by atoms with Crippen molar-refractivity contribution in [3.8, 4) is 17.2 Å². The van der Waals surface area contributed by atoms with Crippen LogP contribution in [0.15, 0.2) is 54.2 Å². The highest BCUT2D eigenvalue weighted by Crippen LogP contribution is 2.41. The van der Waals surface area contributed by atoms with Gasteiger partial charge in [-0.05, 0) is 23.8 Å². The van der Waals surface area contributed by atoms with E-state index >= 15 is 0 Å². The van der Waals surface area contributed by atoms with Gasteiger partial charge >= 0.3 is 0 Å². The molecule has 1 N–H and O–H groups in total. The minimum atomic E-state index is 0.0917. The predicted molar refractivity (Wildman–Crippen MR) is 83.1 cm³/mol. The third-order valence-electron chi connectivity index (χ3n) is 3.10. The van der Waals surface area contributed by atoms with Crippen LogP contribution in [0.2, 0.25) is 0 Å². The second kappa shape index (κ2) is 6.70. The van der Waals surface area contributed by atoms with E-state index in [9.17, 15) is 5.11 Å². The number of methoxy groups -OCH3 is 3. The third kappa shape index (κ3) is 3.11. The molecule has 4 heteroatoms. The van der Waals surface area contributed by atoms with Crippen molar-refractivity contribution < 1.29 is 19.3 Å². The van der Waals surface area contributed by atoms with Gasteiger partial charge in [-0.1, -0.05) is 30.4 Å². The molecule has 4 nitrogen and oxygen atoms in total. The van der Waals surface area contributed by atoms with Crippen LogP contribution in [0.4, 0.5) is 0 Å². The normalized spacial score (nSPS) is 13.5. The maximum absolute atomic E-state index is 10.3. The van der Waals surface area contributed by atoms with Crippen molar-refractivity contribution in [1.82, 2.24) is 0 Å². The van der Waals surface area contributed by atoms with Crippen LogP contribution in [0.1, 0.15) is 5.56 Å². The zero-order valence-electron chi connectivity index (χ0n) is 12.3. The molecule has 0 aromatic heterocycles. The van der Waals surface area contributed by atoms with Crippen molar-refractivity contribution in [2.45, 2.75) is 0 Å². The lowest BCUT2D eigenvalue weighted by Gasteiger charge is -2.15. The highest BCUT2D eigenvalue weighted by atomic mass is 16.5. The van der Waals surface area contributed by atoms with Crippen LogP contribution < -0.4 is 14.2 Å². The Balaban J connectivity index is 2.43. The SMILES string of the molecule is COc1ccc(C(O)=CC=C2C=CC=C2)c(OC)c1OC. The Morgan fingerprint density at radius 1 is 0.952 bits per heavy atom. The van der Waals surface area contributed by atoms with Gasteiger partial charge in [0.15, 0.2) is 11.5 Å². The number of hydrogen-bond acceptors (Lipinski definition) is 4. The van der Waals surface area contributed by atoms with E-state index in [0.717, 1.165) is 5.57 Å². The third-order valence-corrected chi connectivity index (χ3v) is 3.10. The Labute approximate surface area is 124 Å². The van der Waals surface area contributed by atoms with Crippen molar-refractivity contribution in [2.24, 2.45) is 0 Å². The molecule has 0 saturated heterocycles. The first-order valence-electron chi connectivity index (χ1n) is 6.46. The summed E-state index contributed by atoms with van der Waals surface area (Å²) in [6.45, 7) is 0. The van der Waals surface area contributed by atoms with Gasteiger partial charge in [0.1, 0.15) is 5.76 Å². The van der Waals surface area contributed by atoms with E-state index in [1.165, 1.54) is 14.2 Å². The summed E-state index contributed by atoms with van der Waals surface area (Å²) in [5.74, 6) is 1.52. The zero-order chi connectivity index (χ0) is 15.2. The van der Waals surface area contributed by atoms with Crippen LogP contribution in [0.5, 0.6) is 17.2 Å². The van der Waals surface area contributed by atoms with Crippen molar-refractivity contribution in [2.75, 3.05) is 21.3 Å². The van der Waals surface area contributed by atoms with Crippen molar-refractivity contribution in [3.63, 3.8) is 0 Å². The van der Waals surface area contributed by atoms with E-state index in [4.69, 9.17) is 14.2 Å². The van der Waals surface area contributed by atoms with Crippen molar-refractivity contribution in [3.05, 3.63) is 59.7 Å². The number of aliphatic hydroxyl groups is 1. The molecule has 0 spiro atoms. The molecule has 0 amide bonds. The van der Waals surface area contributed by atoms with Gasteiger partial charge in [-0.15, -0.1) is 0 Å². The summed E-state index contributed by atoms with van der Waals surface area (Å²) in [5.41, 5.74) is 1.55. The standard InChI is InChI=1S/C17H18O4/c1-19-15-11-9-13(16(20-2)17(15)21-3)14(18)10-8-12-6-4-5-7-12/h4-11,18H,1-3H3.